The summed E-state index contributed by atoms with van der Waals surface area (Å²) in [5.74, 6) is 0.528. The standard InChI is InChI=1S/C12H19FO/c1-5-7-12(4,6-2)11-9(3)14-8-10(11)13/h8H,5-7H2,1-4H3. The predicted octanol–water partition coefficient (Wildman–Crippen LogP) is 4.19. The number of hydrogen-bond donors (Lipinski definition) is 0. The first-order chi connectivity index (χ1) is 6.55. The molecule has 0 N–H and O–H groups in total. The summed E-state index contributed by atoms with van der Waals surface area (Å²) in [6.07, 6.45) is 4.22. The van der Waals surface area contributed by atoms with Crippen molar-refractivity contribution >= 4 is 0 Å². The van der Waals surface area contributed by atoms with E-state index in [9.17, 15) is 4.39 Å². The molecule has 1 nitrogen and oxygen atoms in total. The zero-order valence-electron chi connectivity index (χ0n) is 9.48. The Morgan fingerprint density at radius 3 is 2.43 bits per heavy atom. The van der Waals surface area contributed by atoms with Crippen LogP contribution in [0, 0.1) is 12.7 Å². The van der Waals surface area contributed by atoms with E-state index in [4.69, 9.17) is 4.42 Å². The van der Waals surface area contributed by atoms with Crippen LogP contribution in [0.15, 0.2) is 10.7 Å². The Kier molecular flexibility index (Phi) is 3.35. The van der Waals surface area contributed by atoms with Gasteiger partial charge in [0.05, 0.1) is 0 Å². The van der Waals surface area contributed by atoms with Gasteiger partial charge in [-0.1, -0.05) is 27.2 Å². The van der Waals surface area contributed by atoms with Crippen molar-refractivity contribution in [2.24, 2.45) is 0 Å². The molecule has 1 unspecified atom stereocenters. The van der Waals surface area contributed by atoms with Gasteiger partial charge in [0.2, 0.25) is 0 Å². The lowest BCUT2D eigenvalue weighted by atomic mass is 9.76. The van der Waals surface area contributed by atoms with Gasteiger partial charge in [0.25, 0.3) is 0 Å². The fraction of sp³-hybridized carbons (Fsp3) is 0.667. The van der Waals surface area contributed by atoms with E-state index in [0.717, 1.165) is 30.6 Å². The molecular weight excluding hydrogens is 179 g/mol. The molecule has 0 saturated heterocycles. The van der Waals surface area contributed by atoms with Gasteiger partial charge in [-0.25, -0.2) is 4.39 Å². The van der Waals surface area contributed by atoms with Crippen LogP contribution in [0.2, 0.25) is 0 Å². The van der Waals surface area contributed by atoms with Crippen molar-refractivity contribution in [2.45, 2.75) is 52.4 Å². The number of rotatable bonds is 4. The smallest absolute Gasteiger partial charge is 0.165 e. The molecule has 0 saturated carbocycles. The van der Waals surface area contributed by atoms with E-state index in [1.807, 2.05) is 6.92 Å². The van der Waals surface area contributed by atoms with Crippen molar-refractivity contribution in [3.63, 3.8) is 0 Å². The fourth-order valence-corrected chi connectivity index (χ4v) is 2.17. The second kappa shape index (κ2) is 4.16. The van der Waals surface area contributed by atoms with Crippen molar-refractivity contribution in [1.29, 1.82) is 0 Å². The third-order valence-corrected chi connectivity index (χ3v) is 3.12. The second-order valence-electron chi connectivity index (χ2n) is 4.18. The highest BCUT2D eigenvalue weighted by molar-refractivity contribution is 5.27. The lowest BCUT2D eigenvalue weighted by Crippen LogP contribution is -2.22. The Balaban J connectivity index is 3.11. The highest BCUT2D eigenvalue weighted by Gasteiger charge is 2.30. The van der Waals surface area contributed by atoms with Gasteiger partial charge in [-0.3, -0.25) is 0 Å². The molecule has 0 aliphatic heterocycles. The Labute approximate surface area is 85.3 Å². The average molecular weight is 198 g/mol. The van der Waals surface area contributed by atoms with Gasteiger partial charge in [-0.05, 0) is 25.2 Å². The van der Waals surface area contributed by atoms with E-state index in [1.165, 1.54) is 6.26 Å². The van der Waals surface area contributed by atoms with E-state index < -0.39 is 0 Å². The van der Waals surface area contributed by atoms with Gasteiger partial charge in [0, 0.05) is 5.56 Å². The van der Waals surface area contributed by atoms with E-state index in [2.05, 4.69) is 20.8 Å². The molecule has 1 aromatic heterocycles. The minimum Gasteiger partial charge on any atom is -0.466 e. The third kappa shape index (κ3) is 1.84. The van der Waals surface area contributed by atoms with Crippen LogP contribution in [0.1, 0.15) is 51.4 Å². The van der Waals surface area contributed by atoms with Crippen molar-refractivity contribution < 1.29 is 8.81 Å². The van der Waals surface area contributed by atoms with Crippen LogP contribution < -0.4 is 0 Å². The van der Waals surface area contributed by atoms with Crippen molar-refractivity contribution in [2.75, 3.05) is 0 Å². The number of hydrogen-bond acceptors (Lipinski definition) is 1. The maximum atomic E-state index is 13.5. The van der Waals surface area contributed by atoms with Gasteiger partial charge in [0.15, 0.2) is 5.82 Å². The first kappa shape index (κ1) is 11.3. The summed E-state index contributed by atoms with van der Waals surface area (Å²) in [6, 6.07) is 0. The van der Waals surface area contributed by atoms with Gasteiger partial charge >= 0.3 is 0 Å². The molecule has 1 rings (SSSR count). The SMILES string of the molecule is CCCC(C)(CC)c1c(F)coc1C. The van der Waals surface area contributed by atoms with E-state index in [1.54, 1.807) is 0 Å². The summed E-state index contributed by atoms with van der Waals surface area (Å²) in [7, 11) is 0. The summed E-state index contributed by atoms with van der Waals surface area (Å²) in [5.41, 5.74) is 0.692. The molecule has 2 heteroatoms. The number of aryl methyl sites for hydroxylation is 1. The Bertz CT molecular complexity index is 284. The maximum absolute atomic E-state index is 13.5. The largest absolute Gasteiger partial charge is 0.466 e. The Hall–Kier alpha value is -0.790. The summed E-state index contributed by atoms with van der Waals surface area (Å²) >= 11 is 0. The molecular formula is C12H19FO. The molecule has 14 heavy (non-hydrogen) atoms. The highest BCUT2D eigenvalue weighted by atomic mass is 19.1. The van der Waals surface area contributed by atoms with Crippen LogP contribution in [0.3, 0.4) is 0 Å². The molecule has 1 aromatic rings. The predicted molar refractivity (Wildman–Crippen MR) is 56.0 cm³/mol. The minimum atomic E-state index is -0.194. The maximum Gasteiger partial charge on any atom is 0.165 e. The molecule has 0 aromatic carbocycles. The monoisotopic (exact) mass is 198 g/mol. The van der Waals surface area contributed by atoms with E-state index in [0.29, 0.717) is 0 Å². The Morgan fingerprint density at radius 1 is 1.43 bits per heavy atom. The van der Waals surface area contributed by atoms with Crippen molar-refractivity contribution in [3.8, 4) is 0 Å². The molecule has 0 radical (unpaired) electrons. The number of halogens is 1. The van der Waals surface area contributed by atoms with Gasteiger partial charge in [-0.2, -0.15) is 0 Å². The molecule has 0 bridgehead atoms. The van der Waals surface area contributed by atoms with Crippen LogP contribution in [-0.2, 0) is 5.41 Å². The van der Waals surface area contributed by atoms with E-state index in [-0.39, 0.29) is 11.2 Å². The fourth-order valence-electron chi connectivity index (χ4n) is 2.17. The summed E-state index contributed by atoms with van der Waals surface area (Å²) in [5, 5.41) is 0. The Morgan fingerprint density at radius 2 is 2.07 bits per heavy atom. The lowest BCUT2D eigenvalue weighted by Gasteiger charge is -2.27. The normalized spacial score (nSPS) is 15.5. The average Bonchev–Trinajstić information content (AvgIpc) is 2.47. The molecule has 1 heterocycles. The molecule has 0 aliphatic rings. The second-order valence-corrected chi connectivity index (χ2v) is 4.18. The van der Waals surface area contributed by atoms with Crippen LogP contribution in [0.4, 0.5) is 4.39 Å². The molecule has 1 atom stereocenters. The quantitative estimate of drug-likeness (QED) is 0.706. The molecule has 0 fully saturated rings. The highest BCUT2D eigenvalue weighted by Crippen LogP contribution is 2.36. The minimum absolute atomic E-state index is 0.0735. The zero-order valence-corrected chi connectivity index (χ0v) is 9.48. The van der Waals surface area contributed by atoms with Crippen LogP contribution in [-0.4, -0.2) is 0 Å². The van der Waals surface area contributed by atoms with Crippen molar-refractivity contribution in [1.82, 2.24) is 0 Å². The molecule has 0 spiro atoms. The summed E-state index contributed by atoms with van der Waals surface area (Å²) < 4.78 is 18.6. The molecule has 0 aliphatic carbocycles. The van der Waals surface area contributed by atoms with Gasteiger partial charge in [0.1, 0.15) is 12.0 Å². The van der Waals surface area contributed by atoms with Gasteiger partial charge in [-0.15, -0.1) is 0 Å². The van der Waals surface area contributed by atoms with Crippen LogP contribution in [0.25, 0.3) is 0 Å². The number of furan rings is 1. The summed E-state index contributed by atoms with van der Waals surface area (Å²) in [6.45, 7) is 8.17. The lowest BCUT2D eigenvalue weighted by molar-refractivity contribution is 0.390. The topological polar surface area (TPSA) is 13.1 Å². The first-order valence-electron chi connectivity index (χ1n) is 5.29. The van der Waals surface area contributed by atoms with Gasteiger partial charge < -0.3 is 4.42 Å². The third-order valence-electron chi connectivity index (χ3n) is 3.12. The molecule has 0 amide bonds. The van der Waals surface area contributed by atoms with Crippen molar-refractivity contribution in [3.05, 3.63) is 23.4 Å². The van der Waals surface area contributed by atoms with Crippen LogP contribution >= 0.6 is 0 Å². The first-order valence-corrected chi connectivity index (χ1v) is 5.29. The molecule has 80 valence electrons. The van der Waals surface area contributed by atoms with E-state index >= 15 is 0 Å². The summed E-state index contributed by atoms with van der Waals surface area (Å²) in [4.78, 5) is 0. The zero-order chi connectivity index (χ0) is 10.8. The van der Waals surface area contributed by atoms with Crippen LogP contribution in [0.5, 0.6) is 0 Å².